The second-order valence-electron chi connectivity index (χ2n) is 4.19. The molecule has 1 aromatic rings. The maximum Gasteiger partial charge on any atom is 0.143 e. The Balaban J connectivity index is 2.19. The average molecular weight is 288 g/mol. The zero-order valence-electron chi connectivity index (χ0n) is 8.92. The Kier molecular flexibility index (Phi) is 3.95. The van der Waals surface area contributed by atoms with E-state index in [0.717, 1.165) is 25.9 Å². The van der Waals surface area contributed by atoms with E-state index in [0.29, 0.717) is 10.0 Å². The minimum absolute atomic E-state index is 0.109. The van der Waals surface area contributed by atoms with Crippen molar-refractivity contribution in [2.45, 2.75) is 18.9 Å². The third-order valence-electron chi connectivity index (χ3n) is 3.08. The molecule has 2 atom stereocenters. The molecule has 0 aromatic heterocycles. The summed E-state index contributed by atoms with van der Waals surface area (Å²) in [7, 11) is 0. The van der Waals surface area contributed by atoms with Crippen LogP contribution in [0.3, 0.4) is 0 Å². The molecule has 1 fully saturated rings. The number of benzene rings is 1. The molecule has 1 aromatic carbocycles. The highest BCUT2D eigenvalue weighted by molar-refractivity contribution is 9.10. The first-order chi connectivity index (χ1) is 7.70. The molecule has 2 rings (SSSR count). The minimum Gasteiger partial charge on any atom is -0.388 e. The van der Waals surface area contributed by atoms with Crippen molar-refractivity contribution in [1.82, 2.24) is 5.32 Å². The van der Waals surface area contributed by atoms with E-state index in [-0.39, 0.29) is 11.7 Å². The summed E-state index contributed by atoms with van der Waals surface area (Å²) in [5.74, 6) is -0.238. The van der Waals surface area contributed by atoms with Crippen LogP contribution in [-0.4, -0.2) is 18.2 Å². The highest BCUT2D eigenvalue weighted by Gasteiger charge is 2.25. The summed E-state index contributed by atoms with van der Waals surface area (Å²) >= 11 is 3.14. The van der Waals surface area contributed by atoms with Gasteiger partial charge in [0.15, 0.2) is 0 Å². The summed E-state index contributed by atoms with van der Waals surface area (Å²) in [5.41, 5.74) is 0.392. The van der Waals surface area contributed by atoms with E-state index in [1.54, 1.807) is 18.2 Å². The van der Waals surface area contributed by atoms with Gasteiger partial charge in [0.25, 0.3) is 0 Å². The molecule has 0 radical (unpaired) electrons. The van der Waals surface area contributed by atoms with Crippen LogP contribution in [0.15, 0.2) is 22.7 Å². The molecule has 1 heterocycles. The molecule has 0 aliphatic carbocycles. The Morgan fingerprint density at radius 2 is 2.31 bits per heavy atom. The van der Waals surface area contributed by atoms with E-state index in [4.69, 9.17) is 0 Å². The van der Waals surface area contributed by atoms with Gasteiger partial charge in [0.2, 0.25) is 0 Å². The van der Waals surface area contributed by atoms with Crippen LogP contribution in [-0.2, 0) is 0 Å². The Labute approximate surface area is 103 Å². The molecule has 2 unspecified atom stereocenters. The van der Waals surface area contributed by atoms with E-state index < -0.39 is 6.10 Å². The van der Waals surface area contributed by atoms with Gasteiger partial charge in [-0.3, -0.25) is 0 Å². The number of nitrogens with one attached hydrogen (secondary N) is 1. The summed E-state index contributed by atoms with van der Waals surface area (Å²) in [6, 6.07) is 5.05. The number of aliphatic hydroxyl groups excluding tert-OH is 1. The fourth-order valence-electron chi connectivity index (χ4n) is 2.15. The van der Waals surface area contributed by atoms with Gasteiger partial charge < -0.3 is 10.4 Å². The lowest BCUT2D eigenvalue weighted by Gasteiger charge is -2.27. The van der Waals surface area contributed by atoms with E-state index in [9.17, 15) is 9.50 Å². The van der Waals surface area contributed by atoms with Gasteiger partial charge in [0.05, 0.1) is 10.6 Å². The minimum atomic E-state index is -0.717. The SMILES string of the molecule is OC(c1cccc(Br)c1F)C1CCCNC1. The largest absolute Gasteiger partial charge is 0.388 e. The predicted octanol–water partition coefficient (Wildman–Crippen LogP) is 2.62. The predicted molar refractivity (Wildman–Crippen MR) is 64.7 cm³/mol. The zero-order valence-corrected chi connectivity index (χ0v) is 10.5. The first-order valence-electron chi connectivity index (χ1n) is 5.53. The van der Waals surface area contributed by atoms with Crippen molar-refractivity contribution in [3.05, 3.63) is 34.1 Å². The zero-order chi connectivity index (χ0) is 11.5. The Morgan fingerprint density at radius 1 is 1.50 bits per heavy atom. The normalized spacial score (nSPS) is 23.1. The summed E-state index contributed by atoms with van der Waals surface area (Å²) < 4.78 is 14.2. The fourth-order valence-corrected chi connectivity index (χ4v) is 2.53. The standard InChI is InChI=1S/C12H15BrFNO/c13-10-5-1-4-9(11(10)14)12(16)8-3-2-6-15-7-8/h1,4-5,8,12,15-16H,2-3,6-7H2. The molecule has 1 aliphatic heterocycles. The van der Waals surface area contributed by atoms with Gasteiger partial charge >= 0.3 is 0 Å². The van der Waals surface area contributed by atoms with Crippen LogP contribution in [0.1, 0.15) is 24.5 Å². The van der Waals surface area contributed by atoms with Crippen molar-refractivity contribution in [2.24, 2.45) is 5.92 Å². The van der Waals surface area contributed by atoms with Gasteiger partial charge in [0, 0.05) is 18.0 Å². The van der Waals surface area contributed by atoms with Crippen LogP contribution in [0, 0.1) is 11.7 Å². The second kappa shape index (κ2) is 5.25. The van der Waals surface area contributed by atoms with E-state index in [1.165, 1.54) is 0 Å². The molecule has 16 heavy (non-hydrogen) atoms. The number of halogens is 2. The van der Waals surface area contributed by atoms with E-state index in [1.807, 2.05) is 0 Å². The Hall–Kier alpha value is -0.450. The third kappa shape index (κ3) is 2.44. The highest BCUT2D eigenvalue weighted by Crippen LogP contribution is 2.31. The van der Waals surface area contributed by atoms with Crippen molar-refractivity contribution in [2.75, 3.05) is 13.1 Å². The first kappa shape index (κ1) is 12.0. The molecule has 1 saturated heterocycles. The topological polar surface area (TPSA) is 32.3 Å². The molecule has 0 bridgehead atoms. The molecule has 0 spiro atoms. The van der Waals surface area contributed by atoms with Gasteiger partial charge in [-0.15, -0.1) is 0 Å². The number of hydrogen-bond donors (Lipinski definition) is 2. The molecule has 2 nitrogen and oxygen atoms in total. The highest BCUT2D eigenvalue weighted by atomic mass is 79.9. The summed E-state index contributed by atoms with van der Waals surface area (Å²) in [6.07, 6.45) is 1.27. The van der Waals surface area contributed by atoms with Gasteiger partial charge in [-0.1, -0.05) is 12.1 Å². The molecule has 0 saturated carbocycles. The van der Waals surface area contributed by atoms with Gasteiger partial charge in [-0.05, 0) is 41.4 Å². The van der Waals surface area contributed by atoms with Crippen molar-refractivity contribution < 1.29 is 9.50 Å². The van der Waals surface area contributed by atoms with Crippen molar-refractivity contribution >= 4 is 15.9 Å². The number of rotatable bonds is 2. The van der Waals surface area contributed by atoms with Crippen LogP contribution >= 0.6 is 15.9 Å². The molecule has 2 N–H and O–H groups in total. The molecule has 88 valence electrons. The lowest BCUT2D eigenvalue weighted by molar-refractivity contribution is 0.0887. The third-order valence-corrected chi connectivity index (χ3v) is 3.69. The summed E-state index contributed by atoms with van der Waals surface area (Å²) in [6.45, 7) is 1.75. The van der Waals surface area contributed by atoms with Gasteiger partial charge in [-0.2, -0.15) is 0 Å². The molecule has 0 amide bonds. The Bertz CT molecular complexity index is 366. The van der Waals surface area contributed by atoms with E-state index in [2.05, 4.69) is 21.2 Å². The van der Waals surface area contributed by atoms with Gasteiger partial charge in [0.1, 0.15) is 5.82 Å². The average Bonchev–Trinajstić information content (AvgIpc) is 2.33. The lowest BCUT2D eigenvalue weighted by atomic mass is 9.89. The fraction of sp³-hybridized carbons (Fsp3) is 0.500. The van der Waals surface area contributed by atoms with E-state index >= 15 is 0 Å². The van der Waals surface area contributed by atoms with Crippen LogP contribution < -0.4 is 5.32 Å². The lowest BCUT2D eigenvalue weighted by Crippen LogP contribution is -2.33. The van der Waals surface area contributed by atoms with Crippen molar-refractivity contribution in [3.63, 3.8) is 0 Å². The van der Waals surface area contributed by atoms with Crippen LogP contribution in [0.25, 0.3) is 0 Å². The molecule has 1 aliphatic rings. The number of hydrogen-bond acceptors (Lipinski definition) is 2. The first-order valence-corrected chi connectivity index (χ1v) is 6.32. The Morgan fingerprint density at radius 3 is 3.00 bits per heavy atom. The number of aliphatic hydroxyl groups is 1. The van der Waals surface area contributed by atoms with Crippen LogP contribution in [0.4, 0.5) is 4.39 Å². The van der Waals surface area contributed by atoms with Crippen molar-refractivity contribution in [3.8, 4) is 0 Å². The second-order valence-corrected chi connectivity index (χ2v) is 5.05. The summed E-state index contributed by atoms with van der Waals surface area (Å²) in [5, 5.41) is 13.4. The summed E-state index contributed by atoms with van der Waals surface area (Å²) in [4.78, 5) is 0. The quantitative estimate of drug-likeness (QED) is 0.877. The maximum atomic E-state index is 13.8. The van der Waals surface area contributed by atoms with Crippen LogP contribution in [0.2, 0.25) is 0 Å². The van der Waals surface area contributed by atoms with Crippen LogP contribution in [0.5, 0.6) is 0 Å². The maximum absolute atomic E-state index is 13.8. The molecular weight excluding hydrogens is 273 g/mol. The molecule has 4 heteroatoms. The molecular formula is C12H15BrFNO. The smallest absolute Gasteiger partial charge is 0.143 e. The van der Waals surface area contributed by atoms with Crippen molar-refractivity contribution in [1.29, 1.82) is 0 Å². The monoisotopic (exact) mass is 287 g/mol. The number of piperidine rings is 1. The van der Waals surface area contributed by atoms with Gasteiger partial charge in [-0.25, -0.2) is 4.39 Å².